The fourth-order valence-electron chi connectivity index (χ4n) is 6.26. The van der Waals surface area contributed by atoms with Gasteiger partial charge in [0.05, 0.1) is 13.2 Å². The van der Waals surface area contributed by atoms with E-state index in [0.717, 1.165) is 38.6 Å². The summed E-state index contributed by atoms with van der Waals surface area (Å²) in [5, 5.41) is 10.6. The van der Waals surface area contributed by atoms with Crippen molar-refractivity contribution < 1.29 is 28.8 Å². The van der Waals surface area contributed by atoms with Crippen molar-refractivity contribution in [2.45, 2.75) is 220 Å². The average Bonchev–Trinajstić information content (AvgIpc) is 3.18. The summed E-state index contributed by atoms with van der Waals surface area (Å²) in [4.78, 5) is 2.11. The molecule has 0 spiro atoms. The monoisotopic (exact) mass is 792 g/mol. The summed E-state index contributed by atoms with van der Waals surface area (Å²) in [6, 6.07) is 0. The van der Waals surface area contributed by atoms with Crippen LogP contribution in [0.25, 0.3) is 0 Å². The zero-order valence-electron chi connectivity index (χ0n) is 37.8. The number of aliphatic hydroxyl groups excluding tert-OH is 1. The zero-order valence-corrected chi connectivity index (χ0v) is 37.8. The van der Waals surface area contributed by atoms with Gasteiger partial charge in [-0.2, -0.15) is 0 Å². The molecule has 0 amide bonds. The van der Waals surface area contributed by atoms with Gasteiger partial charge in [0.2, 0.25) is 0 Å². The van der Waals surface area contributed by atoms with Gasteiger partial charge in [-0.1, -0.05) is 140 Å². The quantitative estimate of drug-likeness (QED) is 0.0374. The number of unbranched alkanes of at least 4 members (excludes halogenated alkanes) is 18. The first-order valence-electron chi connectivity index (χ1n) is 23.4. The summed E-state index contributed by atoms with van der Waals surface area (Å²) in [7, 11) is 4.07. The SMILES string of the molecule is CCCCCC=CCC=CCCCCCCCCOC(C)OCC(COC(C)OCCCCCCCCC=CCC=CCCCCC)OC(O)CCCN(C)C. The maximum absolute atomic E-state index is 10.6. The van der Waals surface area contributed by atoms with Crippen LogP contribution >= 0.6 is 0 Å². The fraction of sp³-hybridized carbons (Fsp3) is 0.837. The molecule has 56 heavy (non-hydrogen) atoms. The molecule has 0 aromatic rings. The molecule has 0 radical (unpaired) electrons. The number of ether oxygens (including phenoxy) is 5. The minimum Gasteiger partial charge on any atom is -0.368 e. The lowest BCUT2D eigenvalue weighted by atomic mass is 10.1. The predicted octanol–water partition coefficient (Wildman–Crippen LogP) is 13.4. The predicted molar refractivity (Wildman–Crippen MR) is 240 cm³/mol. The Kier molecular flexibility index (Phi) is 43.7. The number of allylic oxidation sites excluding steroid dienone is 8. The summed E-state index contributed by atoms with van der Waals surface area (Å²) in [6.45, 7) is 11.2. The molecule has 1 N–H and O–H groups in total. The molecule has 0 aromatic heterocycles. The highest BCUT2D eigenvalue weighted by molar-refractivity contribution is 4.93. The van der Waals surface area contributed by atoms with Gasteiger partial charge in [0, 0.05) is 13.2 Å². The molecule has 0 saturated carbocycles. The molecule has 7 heteroatoms. The Balaban J connectivity index is 4.11. The van der Waals surface area contributed by atoms with Crippen molar-refractivity contribution in [3.8, 4) is 0 Å². The van der Waals surface area contributed by atoms with E-state index in [1.165, 1.54) is 128 Å². The molecule has 0 aliphatic heterocycles. The van der Waals surface area contributed by atoms with Gasteiger partial charge in [-0.05, 0) is 124 Å². The summed E-state index contributed by atoms with van der Waals surface area (Å²) in [5.41, 5.74) is 0. The lowest BCUT2D eigenvalue weighted by molar-refractivity contribution is -0.219. The van der Waals surface area contributed by atoms with Gasteiger partial charge >= 0.3 is 0 Å². The highest BCUT2D eigenvalue weighted by atomic mass is 16.7. The third kappa shape index (κ3) is 43.8. The van der Waals surface area contributed by atoms with Crippen LogP contribution in [0.3, 0.4) is 0 Å². The van der Waals surface area contributed by atoms with Crippen LogP contribution in [0.2, 0.25) is 0 Å². The molecule has 0 rings (SSSR count). The van der Waals surface area contributed by atoms with E-state index in [9.17, 15) is 5.11 Å². The maximum Gasteiger partial charge on any atom is 0.155 e. The molecule has 0 bridgehead atoms. The molecule has 0 heterocycles. The van der Waals surface area contributed by atoms with Crippen LogP contribution in [0.5, 0.6) is 0 Å². The van der Waals surface area contributed by atoms with Gasteiger partial charge in [-0.3, -0.25) is 0 Å². The molecule has 330 valence electrons. The molecule has 0 aliphatic rings. The summed E-state index contributed by atoms with van der Waals surface area (Å²) >= 11 is 0. The van der Waals surface area contributed by atoms with Crippen molar-refractivity contribution in [1.29, 1.82) is 0 Å². The molecular weight excluding hydrogens is 699 g/mol. The fourth-order valence-corrected chi connectivity index (χ4v) is 6.26. The second-order valence-corrected chi connectivity index (χ2v) is 15.9. The largest absolute Gasteiger partial charge is 0.368 e. The highest BCUT2D eigenvalue weighted by Crippen LogP contribution is 2.13. The zero-order chi connectivity index (χ0) is 41.0. The smallest absolute Gasteiger partial charge is 0.155 e. The third-order valence-corrected chi connectivity index (χ3v) is 9.83. The van der Waals surface area contributed by atoms with Gasteiger partial charge in [-0.15, -0.1) is 0 Å². The van der Waals surface area contributed by atoms with Crippen molar-refractivity contribution in [1.82, 2.24) is 4.90 Å². The minimum atomic E-state index is -0.865. The topological polar surface area (TPSA) is 69.6 Å². The van der Waals surface area contributed by atoms with E-state index < -0.39 is 12.4 Å². The van der Waals surface area contributed by atoms with Crippen molar-refractivity contribution in [3.63, 3.8) is 0 Å². The normalized spacial score (nSPS) is 14.7. The Morgan fingerprint density at radius 2 is 0.839 bits per heavy atom. The Labute approximate surface area is 348 Å². The van der Waals surface area contributed by atoms with Crippen LogP contribution in [0.15, 0.2) is 48.6 Å². The lowest BCUT2D eigenvalue weighted by Crippen LogP contribution is -2.34. The highest BCUT2D eigenvalue weighted by Gasteiger charge is 2.19. The standard InChI is InChI=1S/C49H93NO6/c1-7-9-11-13-15-17-19-21-23-25-27-29-31-33-35-37-42-52-46(3)54-44-48(56-49(51)40-39-41-50(5)6)45-55-47(4)53-43-38-36-34-32-30-28-26-24-22-20-18-16-14-12-10-8-2/h15-18,21-24,46-49,51H,7-14,19-20,25-45H2,1-6H3. The molecule has 3 unspecified atom stereocenters. The Hall–Kier alpha value is -1.32. The van der Waals surface area contributed by atoms with E-state index in [2.05, 4.69) is 67.4 Å². The van der Waals surface area contributed by atoms with Gasteiger partial charge in [-0.25, -0.2) is 0 Å². The molecule has 0 aliphatic carbocycles. The van der Waals surface area contributed by atoms with Crippen LogP contribution in [-0.4, -0.2) is 82.0 Å². The molecule has 7 nitrogen and oxygen atoms in total. The lowest BCUT2D eigenvalue weighted by Gasteiger charge is -2.25. The molecule has 0 saturated heterocycles. The van der Waals surface area contributed by atoms with E-state index in [0.29, 0.717) is 19.6 Å². The number of hydrogen-bond donors (Lipinski definition) is 1. The van der Waals surface area contributed by atoms with Gasteiger partial charge in [0.25, 0.3) is 0 Å². The van der Waals surface area contributed by atoms with Crippen molar-refractivity contribution in [2.75, 3.05) is 47.1 Å². The number of aliphatic hydroxyl groups is 1. The summed E-state index contributed by atoms with van der Waals surface area (Å²) in [6.07, 6.45) is 47.5. The summed E-state index contributed by atoms with van der Waals surface area (Å²) < 4.78 is 29.9. The Bertz CT molecular complexity index is 830. The second-order valence-electron chi connectivity index (χ2n) is 15.9. The first-order valence-corrected chi connectivity index (χ1v) is 23.4. The second kappa shape index (κ2) is 44.8. The van der Waals surface area contributed by atoms with Crippen LogP contribution in [0.1, 0.15) is 195 Å². The Morgan fingerprint density at radius 1 is 0.464 bits per heavy atom. The minimum absolute atomic E-state index is 0.286. The van der Waals surface area contributed by atoms with Crippen molar-refractivity contribution in [2.24, 2.45) is 0 Å². The number of hydrogen-bond acceptors (Lipinski definition) is 7. The van der Waals surface area contributed by atoms with Crippen LogP contribution in [-0.2, 0) is 23.7 Å². The third-order valence-electron chi connectivity index (χ3n) is 9.83. The average molecular weight is 792 g/mol. The van der Waals surface area contributed by atoms with Crippen LogP contribution in [0.4, 0.5) is 0 Å². The first-order chi connectivity index (χ1) is 27.4. The Morgan fingerprint density at radius 3 is 1.23 bits per heavy atom. The van der Waals surface area contributed by atoms with E-state index in [1.54, 1.807) is 0 Å². The van der Waals surface area contributed by atoms with E-state index >= 15 is 0 Å². The first kappa shape index (κ1) is 54.7. The molecule has 0 aromatic carbocycles. The molecular formula is C49H93NO6. The molecule has 3 atom stereocenters. The molecule has 0 fully saturated rings. The number of nitrogens with zero attached hydrogens (tertiary/aromatic N) is 1. The van der Waals surface area contributed by atoms with E-state index in [1.807, 2.05) is 27.9 Å². The van der Waals surface area contributed by atoms with Gasteiger partial charge in [0.15, 0.2) is 18.9 Å². The van der Waals surface area contributed by atoms with Crippen LogP contribution < -0.4 is 0 Å². The van der Waals surface area contributed by atoms with Gasteiger partial charge < -0.3 is 33.7 Å². The van der Waals surface area contributed by atoms with Crippen molar-refractivity contribution >= 4 is 0 Å². The van der Waals surface area contributed by atoms with E-state index in [-0.39, 0.29) is 25.8 Å². The number of rotatable bonds is 44. The van der Waals surface area contributed by atoms with Crippen molar-refractivity contribution in [3.05, 3.63) is 48.6 Å². The maximum atomic E-state index is 10.6. The van der Waals surface area contributed by atoms with Crippen LogP contribution in [0, 0.1) is 0 Å². The summed E-state index contributed by atoms with van der Waals surface area (Å²) in [5.74, 6) is 0. The van der Waals surface area contributed by atoms with E-state index in [4.69, 9.17) is 23.7 Å². The van der Waals surface area contributed by atoms with Gasteiger partial charge in [0.1, 0.15) is 6.10 Å².